The van der Waals surface area contributed by atoms with Gasteiger partial charge in [-0.25, -0.2) is 0 Å². The SMILES string of the molecule is COc1ccc(C2(c3ccc(N(C)C)cc3)C=Cc3c4c5c6c(cccc6c3O2)Oc2cccc(c2-5)CC42CCCCC2)cc1. The molecule has 5 aromatic rings. The summed E-state index contributed by atoms with van der Waals surface area (Å²) in [5.74, 6) is 3.69. The van der Waals surface area contributed by atoms with Crippen LogP contribution >= 0.6 is 0 Å². The van der Waals surface area contributed by atoms with Gasteiger partial charge in [0.15, 0.2) is 5.60 Å². The van der Waals surface area contributed by atoms with Crippen molar-refractivity contribution in [1.29, 1.82) is 0 Å². The minimum absolute atomic E-state index is 0.0864. The molecule has 2 heterocycles. The predicted molar refractivity (Wildman–Crippen MR) is 182 cm³/mol. The van der Waals surface area contributed by atoms with Crippen molar-refractivity contribution in [3.63, 3.8) is 0 Å². The summed E-state index contributed by atoms with van der Waals surface area (Å²) in [6.45, 7) is 0. The molecule has 9 rings (SSSR count). The van der Waals surface area contributed by atoms with Crippen LogP contribution in [0.4, 0.5) is 5.69 Å². The molecule has 1 atom stereocenters. The van der Waals surface area contributed by atoms with E-state index in [1.165, 1.54) is 65.3 Å². The first-order chi connectivity index (χ1) is 22.0. The van der Waals surface area contributed by atoms with E-state index in [-0.39, 0.29) is 5.41 Å². The Kier molecular flexibility index (Phi) is 5.72. The lowest BCUT2D eigenvalue weighted by Crippen LogP contribution is -2.38. The van der Waals surface area contributed by atoms with Crippen LogP contribution < -0.4 is 19.1 Å². The van der Waals surface area contributed by atoms with Gasteiger partial charge in [0.1, 0.15) is 23.0 Å². The molecule has 4 aliphatic rings. The van der Waals surface area contributed by atoms with Crippen molar-refractivity contribution in [3.8, 4) is 34.1 Å². The Morgan fingerprint density at radius 2 is 1.47 bits per heavy atom. The first-order valence-electron chi connectivity index (χ1n) is 16.3. The van der Waals surface area contributed by atoms with Crippen molar-refractivity contribution in [2.45, 2.75) is 49.5 Å². The van der Waals surface area contributed by atoms with Crippen molar-refractivity contribution < 1.29 is 14.2 Å². The molecular weight excluding hydrogens is 554 g/mol. The molecular formula is C41H37NO3. The lowest BCUT2D eigenvalue weighted by molar-refractivity contribution is 0.162. The minimum Gasteiger partial charge on any atom is -0.497 e. The number of fused-ring (bicyclic) bond motifs is 4. The molecule has 0 aromatic heterocycles. The molecule has 0 bridgehead atoms. The molecule has 4 nitrogen and oxygen atoms in total. The monoisotopic (exact) mass is 591 g/mol. The molecule has 0 radical (unpaired) electrons. The van der Waals surface area contributed by atoms with Gasteiger partial charge in [0.05, 0.1) is 7.11 Å². The van der Waals surface area contributed by atoms with Gasteiger partial charge in [-0.3, -0.25) is 0 Å². The zero-order valence-electron chi connectivity index (χ0n) is 26.2. The van der Waals surface area contributed by atoms with E-state index >= 15 is 0 Å². The van der Waals surface area contributed by atoms with Gasteiger partial charge >= 0.3 is 0 Å². The molecule has 2 aliphatic carbocycles. The van der Waals surface area contributed by atoms with Gasteiger partial charge < -0.3 is 19.1 Å². The fourth-order valence-electron chi connectivity index (χ4n) is 8.69. The fourth-order valence-corrected chi connectivity index (χ4v) is 8.69. The number of methoxy groups -OCH3 is 1. The van der Waals surface area contributed by atoms with E-state index in [0.29, 0.717) is 0 Å². The highest BCUT2D eigenvalue weighted by Crippen LogP contribution is 2.62. The predicted octanol–water partition coefficient (Wildman–Crippen LogP) is 9.79. The normalized spacial score (nSPS) is 19.9. The summed E-state index contributed by atoms with van der Waals surface area (Å²) in [4.78, 5) is 2.13. The number of hydrogen-bond acceptors (Lipinski definition) is 4. The molecule has 1 spiro atoms. The number of benzene rings is 5. The Hall–Kier alpha value is -4.70. The Morgan fingerprint density at radius 3 is 2.20 bits per heavy atom. The number of rotatable bonds is 4. The van der Waals surface area contributed by atoms with E-state index in [2.05, 4.69) is 104 Å². The Morgan fingerprint density at radius 1 is 0.756 bits per heavy atom. The van der Waals surface area contributed by atoms with Crippen LogP contribution in [0.25, 0.3) is 28.0 Å². The molecule has 224 valence electrons. The van der Waals surface area contributed by atoms with Crippen LogP contribution in [-0.4, -0.2) is 21.2 Å². The van der Waals surface area contributed by atoms with Crippen LogP contribution in [0.2, 0.25) is 0 Å². The summed E-state index contributed by atoms with van der Waals surface area (Å²) in [5, 5.41) is 2.31. The summed E-state index contributed by atoms with van der Waals surface area (Å²) < 4.78 is 19.8. The third-order valence-corrected chi connectivity index (χ3v) is 10.8. The Labute approximate surface area is 264 Å². The summed E-state index contributed by atoms with van der Waals surface area (Å²) in [6, 6.07) is 30.2. The maximum Gasteiger partial charge on any atom is 0.178 e. The molecule has 2 aliphatic heterocycles. The second-order valence-electron chi connectivity index (χ2n) is 13.4. The summed E-state index contributed by atoms with van der Waals surface area (Å²) in [6.07, 6.45) is 12.0. The van der Waals surface area contributed by atoms with E-state index in [9.17, 15) is 0 Å². The quantitative estimate of drug-likeness (QED) is 0.204. The third-order valence-electron chi connectivity index (χ3n) is 10.8. The largest absolute Gasteiger partial charge is 0.497 e. The Balaban J connectivity index is 1.35. The maximum atomic E-state index is 7.55. The molecule has 45 heavy (non-hydrogen) atoms. The van der Waals surface area contributed by atoms with Gasteiger partial charge in [-0.2, -0.15) is 0 Å². The van der Waals surface area contributed by atoms with Crippen LogP contribution in [0.3, 0.4) is 0 Å². The van der Waals surface area contributed by atoms with Gasteiger partial charge in [0.25, 0.3) is 0 Å². The smallest absolute Gasteiger partial charge is 0.178 e. The zero-order chi connectivity index (χ0) is 30.3. The molecule has 0 amide bonds. The second kappa shape index (κ2) is 9.65. The van der Waals surface area contributed by atoms with Crippen LogP contribution in [0.5, 0.6) is 23.0 Å². The summed E-state index contributed by atoms with van der Waals surface area (Å²) in [5.41, 5.74) is 9.38. The standard InChI is InChI=1S/C41H37NO3/c1-42(2)29-17-13-27(14-18-29)41(28-15-19-30(43-3)20-16-28)24-21-32-38-37-35-26(25-40(38)22-5-4-6-23-40)9-7-11-33(35)44-34-12-8-10-31(36(34)37)39(32)45-41/h7-21,24H,4-6,22-23,25H2,1-3H3. The van der Waals surface area contributed by atoms with E-state index in [0.717, 1.165) is 51.6 Å². The lowest BCUT2D eigenvalue weighted by Gasteiger charge is -2.47. The van der Waals surface area contributed by atoms with Gasteiger partial charge in [-0.05, 0) is 72.9 Å². The number of anilines is 1. The average molecular weight is 592 g/mol. The molecule has 1 fully saturated rings. The molecule has 1 saturated carbocycles. The van der Waals surface area contributed by atoms with E-state index in [4.69, 9.17) is 14.2 Å². The average Bonchev–Trinajstić information content (AvgIpc) is 3.08. The number of ether oxygens (including phenoxy) is 3. The Bertz CT molecular complexity index is 2020. The number of nitrogens with zero attached hydrogens (tertiary/aromatic N) is 1. The topological polar surface area (TPSA) is 30.9 Å². The molecule has 1 unspecified atom stereocenters. The molecule has 5 aromatic carbocycles. The minimum atomic E-state index is -0.816. The highest BCUT2D eigenvalue weighted by molar-refractivity contribution is 6.12. The van der Waals surface area contributed by atoms with Crippen LogP contribution in [0, 0.1) is 0 Å². The molecule has 4 heteroatoms. The highest BCUT2D eigenvalue weighted by atomic mass is 16.5. The van der Waals surface area contributed by atoms with Crippen LogP contribution in [0.15, 0.2) is 91.0 Å². The van der Waals surface area contributed by atoms with Gasteiger partial charge in [-0.1, -0.05) is 73.9 Å². The fraction of sp³-hybridized carbons (Fsp3) is 0.268. The first-order valence-corrected chi connectivity index (χ1v) is 16.3. The van der Waals surface area contributed by atoms with Gasteiger partial charge in [-0.15, -0.1) is 0 Å². The highest BCUT2D eigenvalue weighted by Gasteiger charge is 2.47. The summed E-state index contributed by atoms with van der Waals surface area (Å²) in [7, 11) is 5.86. The van der Waals surface area contributed by atoms with Crippen LogP contribution in [0.1, 0.15) is 59.9 Å². The van der Waals surface area contributed by atoms with E-state index in [1.807, 2.05) is 12.1 Å². The van der Waals surface area contributed by atoms with Crippen molar-refractivity contribution in [3.05, 3.63) is 119 Å². The van der Waals surface area contributed by atoms with Crippen molar-refractivity contribution in [1.82, 2.24) is 0 Å². The molecule has 0 saturated heterocycles. The zero-order valence-corrected chi connectivity index (χ0v) is 26.2. The van der Waals surface area contributed by atoms with Crippen molar-refractivity contribution >= 4 is 22.5 Å². The first kappa shape index (κ1) is 26.7. The summed E-state index contributed by atoms with van der Waals surface area (Å²) >= 11 is 0. The number of hydrogen-bond donors (Lipinski definition) is 0. The van der Waals surface area contributed by atoms with E-state index in [1.54, 1.807) is 7.11 Å². The van der Waals surface area contributed by atoms with Crippen molar-refractivity contribution in [2.75, 3.05) is 26.1 Å². The second-order valence-corrected chi connectivity index (χ2v) is 13.4. The lowest BCUT2D eigenvalue weighted by atomic mass is 9.58. The van der Waals surface area contributed by atoms with Gasteiger partial charge in [0, 0.05) is 63.8 Å². The van der Waals surface area contributed by atoms with E-state index < -0.39 is 5.60 Å². The van der Waals surface area contributed by atoms with Crippen LogP contribution in [-0.2, 0) is 17.4 Å². The third kappa shape index (κ3) is 3.72. The van der Waals surface area contributed by atoms with Crippen molar-refractivity contribution in [2.24, 2.45) is 0 Å². The van der Waals surface area contributed by atoms with Gasteiger partial charge in [0.2, 0.25) is 0 Å². The molecule has 0 N–H and O–H groups in total. The maximum absolute atomic E-state index is 7.55.